The van der Waals surface area contributed by atoms with Crippen molar-refractivity contribution in [2.24, 2.45) is 4.99 Å². The first-order valence-electron chi connectivity index (χ1n) is 11.8. The van der Waals surface area contributed by atoms with Gasteiger partial charge in [0.25, 0.3) is 0 Å². The molecule has 2 fully saturated rings. The number of guanidine groups is 1. The molecule has 2 aliphatic heterocycles. The topological polar surface area (TPSA) is 52.1 Å². The van der Waals surface area contributed by atoms with Crippen molar-refractivity contribution in [3.8, 4) is 0 Å². The van der Waals surface area contributed by atoms with Crippen molar-refractivity contribution in [3.05, 3.63) is 35.4 Å². The van der Waals surface area contributed by atoms with Crippen molar-refractivity contribution in [2.75, 3.05) is 53.0 Å². The monoisotopic (exact) mass is 543 g/mol. The number of piperidine rings is 1. The Bertz CT molecular complexity index is 651. The molecule has 3 rings (SSSR count). The molecule has 1 aromatic rings. The number of morpholine rings is 1. The lowest BCUT2D eigenvalue weighted by atomic mass is 10.0. The largest absolute Gasteiger partial charge is 0.379 e. The molecule has 7 heteroatoms. The van der Waals surface area contributed by atoms with Crippen molar-refractivity contribution >= 4 is 29.9 Å². The quantitative estimate of drug-likeness (QED) is 0.216. The minimum absolute atomic E-state index is 0. The van der Waals surface area contributed by atoms with Gasteiger partial charge in [-0.3, -0.25) is 9.89 Å². The number of benzene rings is 1. The zero-order chi connectivity index (χ0) is 21.0. The summed E-state index contributed by atoms with van der Waals surface area (Å²) in [7, 11) is 1.85. The predicted octanol–water partition coefficient (Wildman–Crippen LogP) is 3.46. The fourth-order valence-electron chi connectivity index (χ4n) is 4.42. The highest BCUT2D eigenvalue weighted by Gasteiger charge is 2.17. The second-order valence-electron chi connectivity index (χ2n) is 8.60. The first-order chi connectivity index (χ1) is 14.8. The summed E-state index contributed by atoms with van der Waals surface area (Å²) < 4.78 is 5.47. The molecule has 2 saturated heterocycles. The number of rotatable bonds is 9. The van der Waals surface area contributed by atoms with Gasteiger partial charge in [-0.1, -0.05) is 30.7 Å². The van der Waals surface area contributed by atoms with Gasteiger partial charge in [0.1, 0.15) is 0 Å². The number of nitrogens with zero attached hydrogens (tertiary/aromatic N) is 3. The highest BCUT2D eigenvalue weighted by molar-refractivity contribution is 14.0. The third-order valence-electron chi connectivity index (χ3n) is 6.39. The molecule has 0 radical (unpaired) electrons. The van der Waals surface area contributed by atoms with Crippen LogP contribution in [0.1, 0.15) is 50.2 Å². The molecule has 176 valence electrons. The van der Waals surface area contributed by atoms with Crippen LogP contribution in [-0.4, -0.2) is 74.8 Å². The second kappa shape index (κ2) is 15.0. The lowest BCUT2D eigenvalue weighted by molar-refractivity contribution is 0.0341. The summed E-state index contributed by atoms with van der Waals surface area (Å²) in [4.78, 5) is 9.53. The molecular weight excluding hydrogens is 501 g/mol. The Balaban J connectivity index is 0.00000341. The summed E-state index contributed by atoms with van der Waals surface area (Å²) >= 11 is 0. The smallest absolute Gasteiger partial charge is 0.191 e. The van der Waals surface area contributed by atoms with E-state index in [1.165, 1.54) is 56.3 Å². The van der Waals surface area contributed by atoms with Crippen LogP contribution in [0.2, 0.25) is 0 Å². The lowest BCUT2D eigenvalue weighted by Crippen LogP contribution is -2.39. The van der Waals surface area contributed by atoms with E-state index in [9.17, 15) is 0 Å². The summed E-state index contributed by atoms with van der Waals surface area (Å²) in [6, 6.07) is 9.48. The van der Waals surface area contributed by atoms with E-state index < -0.39 is 0 Å². The summed E-state index contributed by atoms with van der Waals surface area (Å²) in [6.07, 6.45) is 6.55. The molecule has 0 aliphatic carbocycles. The molecule has 6 nitrogen and oxygen atoms in total. The average Bonchev–Trinajstić information content (AvgIpc) is 2.78. The maximum atomic E-state index is 5.47. The standard InChI is InChI=1S/C24H41N5O.HI/c1-21-9-5-7-13-29(21)14-8-6-12-26-24(25-2)27-19-22-10-3-4-11-23(22)20-28-15-17-30-18-16-28;/h3-4,10-11,21H,5-9,12-20H2,1-2H3,(H2,25,26,27);1H. The first kappa shape index (κ1) is 26.4. The van der Waals surface area contributed by atoms with Crippen LogP contribution in [0.4, 0.5) is 0 Å². The summed E-state index contributed by atoms with van der Waals surface area (Å²) in [5, 5.41) is 6.98. The molecule has 0 spiro atoms. The number of hydrogen-bond acceptors (Lipinski definition) is 4. The van der Waals surface area contributed by atoms with Crippen LogP contribution in [0.15, 0.2) is 29.3 Å². The van der Waals surface area contributed by atoms with Gasteiger partial charge < -0.3 is 20.3 Å². The van der Waals surface area contributed by atoms with Crippen LogP contribution in [0.25, 0.3) is 0 Å². The maximum Gasteiger partial charge on any atom is 0.191 e. The minimum atomic E-state index is 0. The molecule has 0 amide bonds. The van der Waals surface area contributed by atoms with E-state index in [0.717, 1.165) is 57.9 Å². The Morgan fingerprint density at radius 3 is 2.58 bits per heavy atom. The molecule has 2 aliphatic rings. The zero-order valence-electron chi connectivity index (χ0n) is 19.4. The van der Waals surface area contributed by atoms with Crippen LogP contribution in [0, 0.1) is 0 Å². The van der Waals surface area contributed by atoms with Crippen LogP contribution < -0.4 is 10.6 Å². The molecule has 1 aromatic carbocycles. The SMILES string of the molecule is CN=C(NCCCCN1CCCCC1C)NCc1ccccc1CN1CCOCC1.I. The number of aliphatic imine (C=N–C) groups is 1. The fraction of sp³-hybridized carbons (Fsp3) is 0.708. The molecule has 31 heavy (non-hydrogen) atoms. The van der Waals surface area contributed by atoms with Crippen LogP contribution in [-0.2, 0) is 17.8 Å². The molecular formula is C24H42IN5O. The van der Waals surface area contributed by atoms with Gasteiger partial charge in [0.15, 0.2) is 5.96 Å². The number of unbranched alkanes of at least 4 members (excludes halogenated alkanes) is 1. The highest BCUT2D eigenvalue weighted by atomic mass is 127. The Morgan fingerprint density at radius 1 is 1.06 bits per heavy atom. The van der Waals surface area contributed by atoms with Crippen LogP contribution >= 0.6 is 24.0 Å². The van der Waals surface area contributed by atoms with E-state index in [-0.39, 0.29) is 24.0 Å². The van der Waals surface area contributed by atoms with Gasteiger partial charge in [-0.05, 0) is 56.8 Å². The molecule has 2 heterocycles. The van der Waals surface area contributed by atoms with Crippen molar-refractivity contribution in [3.63, 3.8) is 0 Å². The average molecular weight is 544 g/mol. The second-order valence-corrected chi connectivity index (χ2v) is 8.60. The van der Waals surface area contributed by atoms with E-state index >= 15 is 0 Å². The van der Waals surface area contributed by atoms with E-state index in [0.29, 0.717) is 0 Å². The Hall–Kier alpha value is -0.900. The normalized spacial score (nSPS) is 20.8. The Labute approximate surface area is 206 Å². The van der Waals surface area contributed by atoms with E-state index in [2.05, 4.69) is 56.6 Å². The van der Waals surface area contributed by atoms with Crippen LogP contribution in [0.3, 0.4) is 0 Å². The molecule has 2 N–H and O–H groups in total. The Morgan fingerprint density at radius 2 is 1.84 bits per heavy atom. The molecule has 0 saturated carbocycles. The third-order valence-corrected chi connectivity index (χ3v) is 6.39. The van der Waals surface area contributed by atoms with Gasteiger partial charge in [-0.15, -0.1) is 24.0 Å². The highest BCUT2D eigenvalue weighted by Crippen LogP contribution is 2.16. The van der Waals surface area contributed by atoms with Gasteiger partial charge >= 0.3 is 0 Å². The molecule has 1 atom stereocenters. The summed E-state index contributed by atoms with van der Waals surface area (Å²) in [5.74, 6) is 0.891. The Kier molecular flexibility index (Phi) is 12.8. The van der Waals surface area contributed by atoms with Crippen molar-refractivity contribution in [1.82, 2.24) is 20.4 Å². The molecule has 1 unspecified atom stereocenters. The van der Waals surface area contributed by atoms with Gasteiger partial charge in [-0.2, -0.15) is 0 Å². The number of hydrogen-bond donors (Lipinski definition) is 2. The van der Waals surface area contributed by atoms with Gasteiger partial charge in [0.05, 0.1) is 13.2 Å². The number of ether oxygens (including phenoxy) is 1. The van der Waals surface area contributed by atoms with Crippen LogP contribution in [0.5, 0.6) is 0 Å². The van der Waals surface area contributed by atoms with Crippen molar-refractivity contribution < 1.29 is 4.74 Å². The van der Waals surface area contributed by atoms with Gasteiger partial charge in [-0.25, -0.2) is 0 Å². The van der Waals surface area contributed by atoms with E-state index in [1.807, 2.05) is 7.05 Å². The maximum absolute atomic E-state index is 5.47. The van der Waals surface area contributed by atoms with Crippen molar-refractivity contribution in [1.29, 1.82) is 0 Å². The van der Waals surface area contributed by atoms with Crippen molar-refractivity contribution in [2.45, 2.75) is 58.2 Å². The minimum Gasteiger partial charge on any atom is -0.379 e. The number of likely N-dealkylation sites (tertiary alicyclic amines) is 1. The zero-order valence-corrected chi connectivity index (χ0v) is 21.8. The predicted molar refractivity (Wildman–Crippen MR) is 140 cm³/mol. The third kappa shape index (κ3) is 9.24. The lowest BCUT2D eigenvalue weighted by Gasteiger charge is -2.33. The number of nitrogens with one attached hydrogen (secondary N) is 2. The fourth-order valence-corrected chi connectivity index (χ4v) is 4.42. The first-order valence-corrected chi connectivity index (χ1v) is 11.8. The summed E-state index contributed by atoms with van der Waals surface area (Å²) in [5.41, 5.74) is 2.73. The van der Waals surface area contributed by atoms with Gasteiger partial charge in [0, 0.05) is 45.8 Å². The summed E-state index contributed by atoms with van der Waals surface area (Å²) in [6.45, 7) is 11.3. The molecule has 0 aromatic heterocycles. The molecule has 0 bridgehead atoms. The van der Waals surface area contributed by atoms with E-state index in [1.54, 1.807) is 0 Å². The number of halogens is 1. The van der Waals surface area contributed by atoms with E-state index in [4.69, 9.17) is 4.74 Å². The van der Waals surface area contributed by atoms with Gasteiger partial charge in [0.2, 0.25) is 0 Å².